The first-order valence-corrected chi connectivity index (χ1v) is 9.74. The van der Waals surface area contributed by atoms with Gasteiger partial charge in [0.1, 0.15) is 11.3 Å². The Morgan fingerprint density at radius 1 is 1.13 bits per heavy atom. The molecule has 0 saturated carbocycles. The predicted octanol–water partition coefficient (Wildman–Crippen LogP) is 2.27. The number of rotatable bonds is 4. The molecule has 2 aliphatic rings. The average Bonchev–Trinajstić information content (AvgIpc) is 3.36. The van der Waals surface area contributed by atoms with Gasteiger partial charge in [-0.05, 0) is 47.9 Å². The number of hydrogen-bond acceptors (Lipinski definition) is 5. The molecular formula is C22H20N4O4. The molecule has 1 saturated heterocycles. The van der Waals surface area contributed by atoms with Crippen LogP contribution in [0.25, 0.3) is 11.0 Å². The Bertz CT molecular complexity index is 1230. The second-order valence-electron chi connectivity index (χ2n) is 7.73. The van der Waals surface area contributed by atoms with Crippen molar-refractivity contribution >= 4 is 34.5 Å². The molecule has 2 aliphatic heterocycles. The zero-order valence-corrected chi connectivity index (χ0v) is 16.3. The molecule has 5 rings (SSSR count). The number of furan rings is 1. The number of nitrogen functional groups attached to an aromatic ring is 1. The van der Waals surface area contributed by atoms with E-state index in [-0.39, 0.29) is 18.2 Å². The molecule has 30 heavy (non-hydrogen) atoms. The number of nitrogens with two attached hydrogens (primary N) is 1. The molecule has 4 N–H and O–H groups in total. The van der Waals surface area contributed by atoms with Crippen LogP contribution < -0.4 is 16.4 Å². The lowest BCUT2D eigenvalue weighted by molar-refractivity contribution is -0.125. The summed E-state index contributed by atoms with van der Waals surface area (Å²) >= 11 is 0. The highest BCUT2D eigenvalue weighted by Gasteiger charge is 2.52. The minimum absolute atomic E-state index is 0.0468. The molecule has 4 amide bonds. The van der Waals surface area contributed by atoms with Gasteiger partial charge >= 0.3 is 6.03 Å². The third kappa shape index (κ3) is 2.64. The highest BCUT2D eigenvalue weighted by molar-refractivity contribution is 6.08. The Hall–Kier alpha value is -3.81. The van der Waals surface area contributed by atoms with E-state index in [0.717, 1.165) is 17.5 Å². The fraction of sp³-hybridized carbons (Fsp3) is 0.227. The summed E-state index contributed by atoms with van der Waals surface area (Å²) in [6, 6.07) is 12.0. The van der Waals surface area contributed by atoms with Gasteiger partial charge in [0.25, 0.3) is 11.8 Å². The first kappa shape index (κ1) is 18.2. The predicted molar refractivity (Wildman–Crippen MR) is 110 cm³/mol. The number of aryl methyl sites for hydroxylation is 1. The number of hydrogen-bond donors (Lipinski definition) is 3. The Morgan fingerprint density at radius 3 is 2.70 bits per heavy atom. The molecule has 1 aromatic heterocycles. The summed E-state index contributed by atoms with van der Waals surface area (Å²) in [4.78, 5) is 39.6. The van der Waals surface area contributed by atoms with Crippen LogP contribution in [-0.4, -0.2) is 29.3 Å². The molecule has 0 radical (unpaired) electrons. The second kappa shape index (κ2) is 6.35. The van der Waals surface area contributed by atoms with E-state index in [9.17, 15) is 14.4 Å². The maximum atomic E-state index is 13.1. The zero-order chi connectivity index (χ0) is 21.0. The van der Waals surface area contributed by atoms with E-state index < -0.39 is 17.5 Å². The quantitative estimate of drug-likeness (QED) is 0.455. The van der Waals surface area contributed by atoms with Crippen LogP contribution in [0, 0.1) is 0 Å². The van der Waals surface area contributed by atoms with Crippen LogP contribution in [0.3, 0.4) is 0 Å². The number of benzene rings is 2. The molecule has 0 spiro atoms. The Balaban J connectivity index is 1.55. The molecule has 3 heterocycles. The van der Waals surface area contributed by atoms with Gasteiger partial charge in [-0.1, -0.05) is 19.1 Å². The number of urea groups is 1. The third-order valence-electron chi connectivity index (χ3n) is 5.79. The van der Waals surface area contributed by atoms with Crippen molar-refractivity contribution in [2.75, 3.05) is 12.3 Å². The van der Waals surface area contributed by atoms with Crippen molar-refractivity contribution in [3.63, 3.8) is 0 Å². The van der Waals surface area contributed by atoms with Gasteiger partial charge in [0.2, 0.25) is 0 Å². The van der Waals surface area contributed by atoms with E-state index in [1.165, 1.54) is 0 Å². The van der Waals surface area contributed by atoms with Gasteiger partial charge in [0.05, 0.1) is 6.54 Å². The summed E-state index contributed by atoms with van der Waals surface area (Å²) < 4.78 is 5.92. The Morgan fingerprint density at radius 2 is 1.97 bits per heavy atom. The van der Waals surface area contributed by atoms with Gasteiger partial charge in [-0.3, -0.25) is 14.9 Å². The molecule has 1 fully saturated rings. The molecule has 152 valence electrons. The van der Waals surface area contributed by atoms with Crippen LogP contribution in [0.1, 0.15) is 34.2 Å². The highest BCUT2D eigenvalue weighted by atomic mass is 16.3. The lowest BCUT2D eigenvalue weighted by atomic mass is 9.95. The lowest BCUT2D eigenvalue weighted by Gasteiger charge is -2.29. The Kier molecular flexibility index (Phi) is 3.86. The second-order valence-corrected chi connectivity index (χ2v) is 7.73. The summed E-state index contributed by atoms with van der Waals surface area (Å²) in [5, 5.41) is 5.68. The summed E-state index contributed by atoms with van der Waals surface area (Å²) in [7, 11) is 0. The number of anilines is 1. The normalized spacial score (nSPS) is 20.6. The Labute approximate surface area is 172 Å². The number of nitrogens with zero attached hydrogens (tertiary/aromatic N) is 1. The first-order valence-electron chi connectivity index (χ1n) is 9.74. The number of carbonyl (C=O) groups is 3. The van der Waals surface area contributed by atoms with Crippen molar-refractivity contribution in [3.8, 4) is 0 Å². The van der Waals surface area contributed by atoms with Crippen molar-refractivity contribution in [1.82, 2.24) is 15.5 Å². The highest BCUT2D eigenvalue weighted by Crippen LogP contribution is 2.34. The lowest BCUT2D eigenvalue weighted by Crippen LogP contribution is -2.52. The molecule has 3 aromatic rings. The third-order valence-corrected chi connectivity index (χ3v) is 5.79. The SMILES string of the molecule is CCc1ccc2c(c1)C(=O)N(C[C@@]1(c3cc4cc(N)ccc4o3)NC(=O)NC1=O)C2. The molecule has 0 unspecified atom stereocenters. The number of carbonyl (C=O) groups excluding carboxylic acids is 3. The number of nitrogens with one attached hydrogen (secondary N) is 2. The summed E-state index contributed by atoms with van der Waals surface area (Å²) in [5.74, 6) is -0.476. The van der Waals surface area contributed by atoms with E-state index in [4.69, 9.17) is 10.2 Å². The summed E-state index contributed by atoms with van der Waals surface area (Å²) in [6.45, 7) is 2.34. The molecule has 8 heteroatoms. The van der Waals surface area contributed by atoms with Crippen LogP contribution in [-0.2, 0) is 23.3 Å². The largest absolute Gasteiger partial charge is 0.458 e. The van der Waals surface area contributed by atoms with E-state index >= 15 is 0 Å². The topological polar surface area (TPSA) is 118 Å². The van der Waals surface area contributed by atoms with Crippen molar-refractivity contribution in [2.24, 2.45) is 0 Å². The molecule has 8 nitrogen and oxygen atoms in total. The summed E-state index contributed by atoms with van der Waals surface area (Å²) in [5.41, 5.74) is 8.02. The van der Waals surface area contributed by atoms with E-state index in [1.807, 2.05) is 25.1 Å². The molecule has 0 bridgehead atoms. The fourth-order valence-electron chi connectivity index (χ4n) is 4.17. The van der Waals surface area contributed by atoms with Gasteiger partial charge in [0.15, 0.2) is 5.54 Å². The van der Waals surface area contributed by atoms with Crippen LogP contribution >= 0.6 is 0 Å². The molecular weight excluding hydrogens is 384 g/mol. The van der Waals surface area contributed by atoms with Crippen LogP contribution in [0.2, 0.25) is 0 Å². The number of imide groups is 1. The van der Waals surface area contributed by atoms with Gasteiger partial charge < -0.3 is 20.4 Å². The van der Waals surface area contributed by atoms with Crippen molar-refractivity contribution in [3.05, 3.63) is 64.9 Å². The first-order chi connectivity index (χ1) is 14.4. The zero-order valence-electron chi connectivity index (χ0n) is 16.3. The van der Waals surface area contributed by atoms with Crippen molar-refractivity contribution in [2.45, 2.75) is 25.4 Å². The van der Waals surface area contributed by atoms with Crippen LogP contribution in [0.5, 0.6) is 0 Å². The van der Waals surface area contributed by atoms with Gasteiger partial charge in [0, 0.05) is 23.2 Å². The van der Waals surface area contributed by atoms with E-state index in [2.05, 4.69) is 10.6 Å². The van der Waals surface area contributed by atoms with Gasteiger partial charge in [-0.25, -0.2) is 4.79 Å². The minimum Gasteiger partial charge on any atom is -0.458 e. The molecule has 2 aromatic carbocycles. The standard InChI is InChI=1S/C22H20N4O4/c1-2-12-3-4-13-10-26(19(27)16(13)7-12)11-22(20(28)24-21(29)25-22)18-9-14-8-15(23)5-6-17(14)30-18/h3-9H,2,10-11,23H2,1H3,(H2,24,25,28,29)/t22-/m0/s1. The maximum Gasteiger partial charge on any atom is 0.322 e. The van der Waals surface area contributed by atoms with E-state index in [0.29, 0.717) is 28.8 Å². The van der Waals surface area contributed by atoms with Crippen molar-refractivity contribution in [1.29, 1.82) is 0 Å². The number of fused-ring (bicyclic) bond motifs is 2. The average molecular weight is 404 g/mol. The monoisotopic (exact) mass is 404 g/mol. The van der Waals surface area contributed by atoms with E-state index in [1.54, 1.807) is 29.2 Å². The minimum atomic E-state index is -1.52. The van der Waals surface area contributed by atoms with Gasteiger partial charge in [-0.15, -0.1) is 0 Å². The van der Waals surface area contributed by atoms with Gasteiger partial charge in [-0.2, -0.15) is 0 Å². The maximum absolute atomic E-state index is 13.1. The smallest absolute Gasteiger partial charge is 0.322 e. The number of amides is 4. The van der Waals surface area contributed by atoms with Crippen LogP contribution in [0.15, 0.2) is 46.9 Å². The van der Waals surface area contributed by atoms with Crippen LogP contribution in [0.4, 0.5) is 10.5 Å². The molecule has 1 atom stereocenters. The van der Waals surface area contributed by atoms with Crippen molar-refractivity contribution < 1.29 is 18.8 Å². The fourth-order valence-corrected chi connectivity index (χ4v) is 4.17. The molecule has 0 aliphatic carbocycles. The summed E-state index contributed by atoms with van der Waals surface area (Å²) in [6.07, 6.45) is 0.824.